The monoisotopic (exact) mass is 577 g/mol. The van der Waals surface area contributed by atoms with Gasteiger partial charge in [0.2, 0.25) is 0 Å². The predicted molar refractivity (Wildman–Crippen MR) is 127 cm³/mol. The number of rotatable bonds is 5. The molecule has 0 heterocycles. The van der Waals surface area contributed by atoms with Crippen LogP contribution in [0.1, 0.15) is 96.3 Å². The molecule has 0 bridgehead atoms. The van der Waals surface area contributed by atoms with Crippen LogP contribution in [0.5, 0.6) is 0 Å². The molecule has 0 aliphatic heterocycles. The first-order valence-electron chi connectivity index (χ1n) is 12.5. The second kappa shape index (κ2) is 9.83. The Morgan fingerprint density at radius 3 is 1.25 bits per heavy atom. The molecule has 0 spiro atoms. The molecule has 0 unspecified atom stereocenters. The van der Waals surface area contributed by atoms with Crippen LogP contribution < -0.4 is 8.02 Å². The fourth-order valence-electron chi connectivity index (χ4n) is 7.50. The van der Waals surface area contributed by atoms with E-state index < -0.39 is 21.2 Å². The van der Waals surface area contributed by atoms with E-state index in [-0.39, 0.29) is 0 Å². The van der Waals surface area contributed by atoms with Crippen LogP contribution in [0.25, 0.3) is 0 Å². The molecule has 3 aliphatic carbocycles. The van der Waals surface area contributed by atoms with E-state index >= 15 is 0 Å². The van der Waals surface area contributed by atoms with Crippen molar-refractivity contribution >= 4 is 30.0 Å². The number of benzene rings is 1. The zero-order chi connectivity index (χ0) is 19.4. The Morgan fingerprint density at radius 2 is 0.929 bits per heavy atom. The van der Waals surface area contributed by atoms with Crippen LogP contribution in [0.2, 0.25) is 10.4 Å². The van der Waals surface area contributed by atoms with Gasteiger partial charge in [-0.05, 0) is 0 Å². The number of anilines is 1. The van der Waals surface area contributed by atoms with Gasteiger partial charge in [-0.1, -0.05) is 0 Å². The molecule has 0 N–H and O–H groups in total. The average molecular weight is 577 g/mol. The summed E-state index contributed by atoms with van der Waals surface area (Å²) in [6, 6.07) is 10.3. The molecule has 1 aromatic rings. The molecular weight excluding hydrogens is 533 g/mol. The first kappa shape index (κ1) is 21.2. The first-order chi connectivity index (χ1) is 13.7. The molecule has 0 radical (unpaired) electrons. The maximum atomic E-state index is 2.66. The van der Waals surface area contributed by atoms with Gasteiger partial charge in [-0.3, -0.25) is 0 Å². The second-order valence-electron chi connectivity index (χ2n) is 10.4. The molecule has 1 nitrogen and oxygen atoms in total. The van der Waals surface area contributed by atoms with Crippen LogP contribution in [0, 0.1) is 0 Å². The molecule has 156 valence electrons. The summed E-state index contributed by atoms with van der Waals surface area (Å²) in [5.74, 6) is 0. The van der Waals surface area contributed by atoms with Crippen molar-refractivity contribution in [1.29, 1.82) is 0 Å². The molecule has 28 heavy (non-hydrogen) atoms. The van der Waals surface area contributed by atoms with Gasteiger partial charge < -0.3 is 0 Å². The summed E-state index contributed by atoms with van der Waals surface area (Å²) >= 11 is -2.75. The molecule has 0 saturated heterocycles. The van der Waals surface area contributed by atoms with E-state index in [1.165, 1.54) is 63.5 Å². The fraction of sp³-hybridized carbons (Fsp3) is 0.769. The summed E-state index contributed by atoms with van der Waals surface area (Å²) in [6.07, 6.45) is 23.2. The number of hydrogen-bond donors (Lipinski definition) is 0. The third kappa shape index (κ3) is 4.21. The zero-order valence-corrected chi connectivity index (χ0v) is 22.5. The molecule has 0 atom stereocenters. The van der Waals surface area contributed by atoms with Crippen molar-refractivity contribution in [2.45, 2.75) is 107 Å². The molecule has 4 rings (SSSR count). The molecule has 3 saturated carbocycles. The number of hydrogen-bond acceptors (Lipinski definition) is 1. The van der Waals surface area contributed by atoms with Crippen molar-refractivity contribution in [2.24, 2.45) is 0 Å². The fourth-order valence-corrected chi connectivity index (χ4v) is 39.6. The van der Waals surface area contributed by atoms with Gasteiger partial charge in [0.15, 0.2) is 0 Å². The molecule has 1 aromatic carbocycles. The Hall–Kier alpha value is -0.0579. The standard InChI is InChI=1S/C8H10N.3C6H11.Pb/c1-9(2)8-6-4-3-5-7-8;3*1-2-4-6-5-3-1;/h4-7H,1-2H3;3*1H,2-6H2;. The SMILES string of the molecule is CN(C)c1cc[c]([Pb]([CH]2CCCCC2)([CH]2CCCCC2)[CH]2CCCCC2)cc1. The Labute approximate surface area is 179 Å². The van der Waals surface area contributed by atoms with Gasteiger partial charge in [0.1, 0.15) is 0 Å². The van der Waals surface area contributed by atoms with Crippen molar-refractivity contribution in [3.05, 3.63) is 24.3 Å². The molecule has 0 aromatic heterocycles. The summed E-state index contributed by atoms with van der Waals surface area (Å²) < 4.78 is 5.40. The average Bonchev–Trinajstić information content (AvgIpc) is 2.77. The molecule has 2 heteroatoms. The van der Waals surface area contributed by atoms with E-state index in [4.69, 9.17) is 0 Å². The van der Waals surface area contributed by atoms with E-state index in [0.29, 0.717) is 0 Å². The van der Waals surface area contributed by atoms with Crippen molar-refractivity contribution in [2.75, 3.05) is 19.0 Å². The predicted octanol–water partition coefficient (Wildman–Crippen LogP) is 7.41. The molecule has 0 amide bonds. The van der Waals surface area contributed by atoms with Crippen LogP contribution in [0.4, 0.5) is 5.69 Å². The van der Waals surface area contributed by atoms with Gasteiger partial charge in [0.05, 0.1) is 0 Å². The van der Waals surface area contributed by atoms with Crippen LogP contribution in [-0.4, -0.2) is 35.3 Å². The number of nitrogens with zero attached hydrogens (tertiary/aromatic N) is 1. The van der Waals surface area contributed by atoms with Gasteiger partial charge in [0, 0.05) is 0 Å². The van der Waals surface area contributed by atoms with E-state index in [0.717, 1.165) is 10.4 Å². The summed E-state index contributed by atoms with van der Waals surface area (Å²) in [5.41, 5.74) is 1.39. The van der Waals surface area contributed by atoms with Crippen molar-refractivity contribution < 1.29 is 0 Å². The molecule has 3 aliphatic rings. The topological polar surface area (TPSA) is 3.24 Å². The Bertz CT molecular complexity index is 544. The van der Waals surface area contributed by atoms with E-state index in [1.807, 2.05) is 3.12 Å². The summed E-state index contributed by atoms with van der Waals surface area (Å²) in [5, 5.41) is 0. The van der Waals surface area contributed by atoms with Gasteiger partial charge in [0.25, 0.3) is 0 Å². The van der Waals surface area contributed by atoms with Crippen LogP contribution in [0.3, 0.4) is 0 Å². The van der Waals surface area contributed by atoms with Gasteiger partial charge >= 0.3 is 180 Å². The van der Waals surface area contributed by atoms with Crippen LogP contribution in [-0.2, 0) is 0 Å². The van der Waals surface area contributed by atoms with E-state index in [2.05, 4.69) is 43.3 Å². The molecule has 3 fully saturated rings. The Kier molecular flexibility index (Phi) is 7.44. The van der Waals surface area contributed by atoms with Crippen molar-refractivity contribution in [1.82, 2.24) is 0 Å². The first-order valence-corrected chi connectivity index (χ1v) is 21.2. The third-order valence-corrected chi connectivity index (χ3v) is 36.4. The van der Waals surface area contributed by atoms with Crippen LogP contribution in [0.15, 0.2) is 24.3 Å². The van der Waals surface area contributed by atoms with Gasteiger partial charge in [-0.15, -0.1) is 0 Å². The van der Waals surface area contributed by atoms with E-state index in [1.54, 1.807) is 38.5 Å². The van der Waals surface area contributed by atoms with Crippen molar-refractivity contribution in [3.8, 4) is 0 Å². The minimum absolute atomic E-state index is 1.15. The third-order valence-electron chi connectivity index (χ3n) is 8.73. The summed E-state index contributed by atoms with van der Waals surface area (Å²) in [7, 11) is 4.38. The van der Waals surface area contributed by atoms with E-state index in [9.17, 15) is 0 Å². The van der Waals surface area contributed by atoms with Crippen molar-refractivity contribution in [3.63, 3.8) is 0 Å². The maximum absolute atomic E-state index is 2.75. The van der Waals surface area contributed by atoms with Crippen LogP contribution >= 0.6 is 0 Å². The molecular formula is C26H43NPb. The second-order valence-corrected chi connectivity index (χ2v) is 29.4. The zero-order valence-electron chi connectivity index (χ0n) is 18.6. The summed E-state index contributed by atoms with van der Waals surface area (Å²) in [6.45, 7) is 0. The Morgan fingerprint density at radius 1 is 0.571 bits per heavy atom. The minimum atomic E-state index is -2.75. The quantitative estimate of drug-likeness (QED) is 0.330. The normalized spacial score (nSPS) is 23.6. The Balaban J connectivity index is 1.80. The summed E-state index contributed by atoms with van der Waals surface area (Å²) in [4.78, 5) is 2.28. The van der Waals surface area contributed by atoms with Gasteiger partial charge in [-0.2, -0.15) is 0 Å². The van der Waals surface area contributed by atoms with Gasteiger partial charge in [-0.25, -0.2) is 0 Å².